The van der Waals surface area contributed by atoms with Crippen LogP contribution in [0.1, 0.15) is 63.9 Å². The second-order valence-electron chi connectivity index (χ2n) is 9.30. The van der Waals surface area contributed by atoms with E-state index in [4.69, 9.17) is 11.6 Å². The van der Waals surface area contributed by atoms with Gasteiger partial charge in [0.1, 0.15) is 22.5 Å². The number of hydrogen-bond acceptors (Lipinski definition) is 0. The van der Waals surface area contributed by atoms with Gasteiger partial charge in [0.05, 0.1) is 0 Å². The lowest BCUT2D eigenvalue weighted by atomic mass is 9.78. The van der Waals surface area contributed by atoms with Crippen LogP contribution in [0.2, 0.25) is 5.02 Å². The highest BCUT2D eigenvalue weighted by molar-refractivity contribution is 6.31. The van der Waals surface area contributed by atoms with E-state index in [1.165, 1.54) is 56.9 Å². The van der Waals surface area contributed by atoms with Gasteiger partial charge in [0, 0.05) is 10.9 Å². The maximum absolute atomic E-state index is 15.2. The molecule has 0 spiro atoms. The first-order chi connectivity index (χ1) is 15.5. The molecule has 0 unspecified atom stereocenters. The first kappa shape index (κ1) is 23.2. The normalized spacial score (nSPS) is 18.9. The van der Waals surface area contributed by atoms with Gasteiger partial charge in [0.15, 0.2) is 0 Å². The van der Waals surface area contributed by atoms with Crippen LogP contribution in [-0.2, 0) is 6.42 Å². The van der Waals surface area contributed by atoms with Crippen molar-refractivity contribution < 1.29 is 13.2 Å². The Hall–Kier alpha value is -2.00. The van der Waals surface area contributed by atoms with Gasteiger partial charge in [-0.1, -0.05) is 93.8 Å². The summed E-state index contributed by atoms with van der Waals surface area (Å²) in [4.78, 5) is 0. The molecule has 0 radical (unpaired) electrons. The Morgan fingerprint density at radius 3 is 2.16 bits per heavy atom. The SMILES string of the molecule is CCCC[C@H]1CC[C@H](CCc2ccc3c(F)c(-c4cc(F)c(Cl)c(F)c4)ccc3c2)CC1. The zero-order valence-electron chi connectivity index (χ0n) is 18.6. The number of halogens is 4. The third-order valence-corrected chi connectivity index (χ3v) is 7.45. The highest BCUT2D eigenvalue weighted by atomic mass is 35.5. The van der Waals surface area contributed by atoms with Gasteiger partial charge in [-0.05, 0) is 53.3 Å². The van der Waals surface area contributed by atoms with Gasteiger partial charge in [-0.2, -0.15) is 0 Å². The van der Waals surface area contributed by atoms with Crippen LogP contribution in [0.3, 0.4) is 0 Å². The lowest BCUT2D eigenvalue weighted by molar-refractivity contribution is 0.250. The molecule has 0 aromatic heterocycles. The lowest BCUT2D eigenvalue weighted by Gasteiger charge is -2.28. The van der Waals surface area contributed by atoms with Crippen LogP contribution in [0.4, 0.5) is 13.2 Å². The Balaban J connectivity index is 1.45. The fourth-order valence-corrected chi connectivity index (χ4v) is 5.21. The van der Waals surface area contributed by atoms with Crippen molar-refractivity contribution in [3.05, 3.63) is 70.5 Å². The van der Waals surface area contributed by atoms with Gasteiger partial charge in [0.2, 0.25) is 0 Å². The van der Waals surface area contributed by atoms with E-state index < -0.39 is 22.5 Å². The van der Waals surface area contributed by atoms with Crippen molar-refractivity contribution in [2.45, 2.75) is 64.7 Å². The van der Waals surface area contributed by atoms with E-state index in [-0.39, 0.29) is 11.1 Å². The van der Waals surface area contributed by atoms with Gasteiger partial charge >= 0.3 is 0 Å². The average Bonchev–Trinajstić information content (AvgIpc) is 2.80. The van der Waals surface area contributed by atoms with E-state index in [2.05, 4.69) is 6.92 Å². The molecule has 1 fully saturated rings. The predicted octanol–water partition coefficient (Wildman–Crippen LogP) is 9.51. The molecule has 1 saturated carbocycles. The molecule has 0 amide bonds. The van der Waals surface area contributed by atoms with Crippen LogP contribution in [0.25, 0.3) is 21.9 Å². The van der Waals surface area contributed by atoms with Crippen LogP contribution < -0.4 is 0 Å². The summed E-state index contributed by atoms with van der Waals surface area (Å²) in [5, 5.41) is 0.689. The molecule has 3 aromatic rings. The second-order valence-corrected chi connectivity index (χ2v) is 9.68. The van der Waals surface area contributed by atoms with Gasteiger partial charge in [-0.3, -0.25) is 0 Å². The standard InChI is InChI=1S/C28H30ClF3/c1-2-3-4-18-5-7-19(8-6-18)9-10-20-11-13-23-21(15-20)12-14-24(28(23)32)22-16-25(30)27(29)26(31)17-22/h11-19H,2-10H2,1H3/t18-,19-. The monoisotopic (exact) mass is 458 g/mol. The summed E-state index contributed by atoms with van der Waals surface area (Å²) in [6.45, 7) is 2.26. The molecule has 0 nitrogen and oxygen atoms in total. The Morgan fingerprint density at radius 1 is 0.844 bits per heavy atom. The molecular weight excluding hydrogens is 429 g/mol. The van der Waals surface area contributed by atoms with E-state index in [1.54, 1.807) is 12.1 Å². The highest BCUT2D eigenvalue weighted by Gasteiger charge is 2.21. The molecule has 1 aliphatic rings. The summed E-state index contributed by atoms with van der Waals surface area (Å²) in [5.74, 6) is -0.545. The number of hydrogen-bond donors (Lipinski definition) is 0. The van der Waals surface area contributed by atoms with E-state index in [9.17, 15) is 8.78 Å². The summed E-state index contributed by atoms with van der Waals surface area (Å²) in [6, 6.07) is 11.3. The number of unbranched alkanes of at least 4 members (excludes halogenated alkanes) is 1. The van der Waals surface area contributed by atoms with Crippen LogP contribution in [-0.4, -0.2) is 0 Å². The fourth-order valence-electron chi connectivity index (χ4n) is 5.10. The largest absolute Gasteiger partial charge is 0.206 e. The molecule has 32 heavy (non-hydrogen) atoms. The summed E-state index contributed by atoms with van der Waals surface area (Å²) in [5.41, 5.74) is 1.52. The van der Waals surface area contributed by atoms with Crippen molar-refractivity contribution >= 4 is 22.4 Å². The minimum Gasteiger partial charge on any atom is -0.206 e. The summed E-state index contributed by atoms with van der Waals surface area (Å²) < 4.78 is 42.9. The molecule has 0 N–H and O–H groups in total. The van der Waals surface area contributed by atoms with Gasteiger partial charge in [0.25, 0.3) is 0 Å². The van der Waals surface area contributed by atoms with Gasteiger partial charge in [-0.15, -0.1) is 0 Å². The molecule has 4 heteroatoms. The minimum absolute atomic E-state index is 0.141. The van der Waals surface area contributed by atoms with Crippen LogP contribution in [0.15, 0.2) is 42.5 Å². The van der Waals surface area contributed by atoms with Crippen molar-refractivity contribution in [2.75, 3.05) is 0 Å². The van der Waals surface area contributed by atoms with Crippen molar-refractivity contribution in [1.82, 2.24) is 0 Å². The van der Waals surface area contributed by atoms with E-state index >= 15 is 4.39 Å². The molecule has 1 aliphatic carbocycles. The van der Waals surface area contributed by atoms with Crippen LogP contribution >= 0.6 is 11.6 Å². The number of benzene rings is 3. The maximum Gasteiger partial charge on any atom is 0.145 e. The fraction of sp³-hybridized carbons (Fsp3) is 0.429. The molecule has 0 atom stereocenters. The molecule has 4 rings (SSSR count). The zero-order chi connectivity index (χ0) is 22.7. The van der Waals surface area contributed by atoms with Gasteiger partial charge < -0.3 is 0 Å². The molecule has 170 valence electrons. The molecule has 0 bridgehead atoms. The summed E-state index contributed by atoms with van der Waals surface area (Å²) in [6.07, 6.45) is 11.6. The minimum atomic E-state index is -0.893. The Morgan fingerprint density at radius 2 is 1.50 bits per heavy atom. The third kappa shape index (κ3) is 5.14. The molecule has 0 aliphatic heterocycles. The summed E-state index contributed by atoms with van der Waals surface area (Å²) in [7, 11) is 0. The molecule has 3 aromatic carbocycles. The first-order valence-corrected chi connectivity index (χ1v) is 12.2. The Bertz CT molecular complexity index is 1060. The first-order valence-electron chi connectivity index (χ1n) is 11.8. The number of rotatable bonds is 7. The smallest absolute Gasteiger partial charge is 0.145 e. The topological polar surface area (TPSA) is 0 Å². The van der Waals surface area contributed by atoms with Crippen LogP contribution in [0, 0.1) is 29.3 Å². The quantitative estimate of drug-likeness (QED) is 0.309. The highest BCUT2D eigenvalue weighted by Crippen LogP contribution is 2.35. The molecule has 0 heterocycles. The lowest BCUT2D eigenvalue weighted by Crippen LogP contribution is -2.15. The second kappa shape index (κ2) is 10.3. The van der Waals surface area contributed by atoms with Gasteiger partial charge in [-0.25, -0.2) is 13.2 Å². The maximum atomic E-state index is 15.2. The third-order valence-electron chi connectivity index (χ3n) is 7.09. The van der Waals surface area contributed by atoms with Crippen molar-refractivity contribution in [3.63, 3.8) is 0 Å². The van der Waals surface area contributed by atoms with Crippen molar-refractivity contribution in [1.29, 1.82) is 0 Å². The van der Waals surface area contributed by atoms with Crippen molar-refractivity contribution in [3.8, 4) is 11.1 Å². The van der Waals surface area contributed by atoms with E-state index in [0.717, 1.165) is 35.8 Å². The number of aryl methyl sites for hydroxylation is 1. The Kier molecular flexibility index (Phi) is 7.45. The van der Waals surface area contributed by atoms with Crippen molar-refractivity contribution in [2.24, 2.45) is 11.8 Å². The zero-order valence-corrected chi connectivity index (χ0v) is 19.3. The average molecular weight is 459 g/mol. The van der Waals surface area contributed by atoms with E-state index in [1.807, 2.05) is 18.2 Å². The summed E-state index contributed by atoms with van der Waals surface area (Å²) >= 11 is 5.56. The van der Waals surface area contributed by atoms with E-state index in [0.29, 0.717) is 5.39 Å². The molecular formula is C28H30ClF3. The molecule has 0 saturated heterocycles. The number of fused-ring (bicyclic) bond motifs is 1. The predicted molar refractivity (Wildman–Crippen MR) is 128 cm³/mol. The Labute approximate surface area is 193 Å². The van der Waals surface area contributed by atoms with Crippen LogP contribution in [0.5, 0.6) is 0 Å².